The van der Waals surface area contributed by atoms with Crippen LogP contribution in [0.3, 0.4) is 0 Å². The van der Waals surface area contributed by atoms with Crippen LogP contribution in [0.25, 0.3) is 0 Å². The van der Waals surface area contributed by atoms with Gasteiger partial charge in [0.25, 0.3) is 0 Å². The summed E-state index contributed by atoms with van der Waals surface area (Å²) in [4.78, 5) is 15.6. The van der Waals surface area contributed by atoms with E-state index in [0.29, 0.717) is 12.1 Å². The molecule has 0 atom stereocenters. The van der Waals surface area contributed by atoms with Gasteiger partial charge < -0.3 is 15.4 Å². The number of carbonyl (C=O) groups is 1. The average molecular weight is 323 g/mol. The number of esters is 1. The smallest absolute Gasteiger partial charge is 0.337 e. The van der Waals surface area contributed by atoms with Crippen LogP contribution in [-0.2, 0) is 11.3 Å². The second kappa shape index (κ2) is 11.0. The van der Waals surface area contributed by atoms with Crippen LogP contribution in [0.2, 0.25) is 0 Å². The minimum Gasteiger partial charge on any atom is -0.465 e. The summed E-state index contributed by atoms with van der Waals surface area (Å²) in [6.07, 6.45) is 4.47. The third kappa shape index (κ3) is 6.85. The van der Waals surface area contributed by atoms with Gasteiger partial charge in [0.2, 0.25) is 0 Å². The number of guanidine groups is 1. The minimum absolute atomic E-state index is 0.317. The van der Waals surface area contributed by atoms with Crippen molar-refractivity contribution in [2.45, 2.75) is 19.4 Å². The number of nitrogens with zero attached hydrogens (tertiary/aromatic N) is 1. The van der Waals surface area contributed by atoms with E-state index in [2.05, 4.69) is 26.6 Å². The highest BCUT2D eigenvalue weighted by atomic mass is 32.2. The van der Waals surface area contributed by atoms with Crippen molar-refractivity contribution in [3.63, 3.8) is 0 Å². The monoisotopic (exact) mass is 323 g/mol. The van der Waals surface area contributed by atoms with E-state index in [4.69, 9.17) is 0 Å². The number of carbonyl (C=O) groups excluding carboxylic acids is 1. The lowest BCUT2D eigenvalue weighted by Gasteiger charge is -2.12. The SMILES string of the molecule is CN=C(NCCCCSC)NCc1ccc(C(=O)OC)cc1. The van der Waals surface area contributed by atoms with Gasteiger partial charge in [0.15, 0.2) is 5.96 Å². The van der Waals surface area contributed by atoms with Crippen LogP contribution in [0, 0.1) is 0 Å². The van der Waals surface area contributed by atoms with E-state index in [9.17, 15) is 4.79 Å². The maximum absolute atomic E-state index is 11.4. The van der Waals surface area contributed by atoms with Crippen LogP contribution in [0.4, 0.5) is 0 Å². The van der Waals surface area contributed by atoms with Crippen molar-refractivity contribution >= 4 is 23.7 Å². The molecule has 0 bridgehead atoms. The molecule has 0 heterocycles. The Kier molecular flexibility index (Phi) is 9.14. The molecule has 22 heavy (non-hydrogen) atoms. The second-order valence-corrected chi connectivity index (χ2v) is 5.73. The van der Waals surface area contributed by atoms with Gasteiger partial charge in [-0.15, -0.1) is 0 Å². The summed E-state index contributed by atoms with van der Waals surface area (Å²) >= 11 is 1.87. The Morgan fingerprint density at radius 1 is 1.23 bits per heavy atom. The fourth-order valence-electron chi connectivity index (χ4n) is 1.86. The number of hydrogen-bond acceptors (Lipinski definition) is 4. The van der Waals surface area contributed by atoms with Crippen molar-refractivity contribution in [2.75, 3.05) is 32.7 Å². The summed E-state index contributed by atoms with van der Waals surface area (Å²) < 4.78 is 4.68. The van der Waals surface area contributed by atoms with Crippen LogP contribution in [-0.4, -0.2) is 44.6 Å². The van der Waals surface area contributed by atoms with E-state index >= 15 is 0 Å². The van der Waals surface area contributed by atoms with Gasteiger partial charge in [-0.2, -0.15) is 11.8 Å². The molecule has 0 saturated heterocycles. The number of methoxy groups -OCH3 is 1. The number of thioether (sulfide) groups is 1. The second-order valence-electron chi connectivity index (χ2n) is 4.74. The Bertz CT molecular complexity index is 475. The first-order chi connectivity index (χ1) is 10.7. The molecule has 122 valence electrons. The van der Waals surface area contributed by atoms with Gasteiger partial charge in [-0.05, 0) is 42.5 Å². The standard InChI is InChI=1S/C16H25N3O2S/c1-17-16(18-10-4-5-11-22-3)19-12-13-6-8-14(9-7-13)15(20)21-2/h6-9H,4-5,10-12H2,1-3H3,(H2,17,18,19). The number of benzene rings is 1. The molecular weight excluding hydrogens is 298 g/mol. The summed E-state index contributed by atoms with van der Waals surface area (Å²) in [6.45, 7) is 1.58. The van der Waals surface area contributed by atoms with Crippen molar-refractivity contribution in [3.05, 3.63) is 35.4 Å². The highest BCUT2D eigenvalue weighted by Gasteiger charge is 2.04. The van der Waals surface area contributed by atoms with Crippen LogP contribution in [0.5, 0.6) is 0 Å². The zero-order valence-corrected chi connectivity index (χ0v) is 14.3. The number of ether oxygens (including phenoxy) is 1. The van der Waals surface area contributed by atoms with Crippen LogP contribution in [0.15, 0.2) is 29.3 Å². The van der Waals surface area contributed by atoms with Crippen LogP contribution < -0.4 is 10.6 Å². The number of hydrogen-bond donors (Lipinski definition) is 2. The predicted octanol–water partition coefficient (Wildman–Crippen LogP) is 2.28. The molecule has 0 spiro atoms. The summed E-state index contributed by atoms with van der Waals surface area (Å²) in [5.41, 5.74) is 1.64. The first-order valence-electron chi connectivity index (χ1n) is 7.32. The van der Waals surface area contributed by atoms with Gasteiger partial charge in [0.05, 0.1) is 12.7 Å². The molecule has 2 N–H and O–H groups in total. The van der Waals surface area contributed by atoms with Crippen LogP contribution in [0.1, 0.15) is 28.8 Å². The third-order valence-corrected chi connectivity index (χ3v) is 3.82. The molecule has 0 fully saturated rings. The van der Waals surface area contributed by atoms with E-state index in [-0.39, 0.29) is 5.97 Å². The largest absolute Gasteiger partial charge is 0.465 e. The molecular formula is C16H25N3O2S. The highest BCUT2D eigenvalue weighted by molar-refractivity contribution is 7.98. The van der Waals surface area contributed by atoms with E-state index in [1.807, 2.05) is 23.9 Å². The number of rotatable bonds is 8. The molecule has 0 aliphatic carbocycles. The molecule has 1 aromatic carbocycles. The van der Waals surface area contributed by atoms with Gasteiger partial charge in [0.1, 0.15) is 0 Å². The lowest BCUT2D eigenvalue weighted by atomic mass is 10.1. The maximum Gasteiger partial charge on any atom is 0.337 e. The van der Waals surface area contributed by atoms with Crippen LogP contribution >= 0.6 is 11.8 Å². The van der Waals surface area contributed by atoms with Gasteiger partial charge in [-0.3, -0.25) is 4.99 Å². The third-order valence-electron chi connectivity index (χ3n) is 3.13. The highest BCUT2D eigenvalue weighted by Crippen LogP contribution is 2.05. The zero-order chi connectivity index (χ0) is 16.2. The number of unbranched alkanes of at least 4 members (excludes halogenated alkanes) is 1. The Balaban J connectivity index is 2.35. The normalized spacial score (nSPS) is 11.1. The quantitative estimate of drug-likeness (QED) is 0.333. The molecule has 0 aliphatic rings. The molecule has 0 saturated carbocycles. The summed E-state index contributed by atoms with van der Waals surface area (Å²) in [6, 6.07) is 7.35. The van der Waals surface area contributed by atoms with Gasteiger partial charge in [-0.25, -0.2) is 4.79 Å². The minimum atomic E-state index is -0.317. The van der Waals surface area contributed by atoms with E-state index in [0.717, 1.165) is 24.5 Å². The lowest BCUT2D eigenvalue weighted by Crippen LogP contribution is -2.37. The van der Waals surface area contributed by atoms with Crippen molar-refractivity contribution < 1.29 is 9.53 Å². The molecule has 6 heteroatoms. The Morgan fingerprint density at radius 2 is 1.95 bits per heavy atom. The molecule has 0 radical (unpaired) electrons. The van der Waals surface area contributed by atoms with Gasteiger partial charge in [-0.1, -0.05) is 12.1 Å². The fourth-order valence-corrected chi connectivity index (χ4v) is 2.35. The van der Waals surface area contributed by atoms with E-state index in [1.54, 1.807) is 19.2 Å². The predicted molar refractivity (Wildman–Crippen MR) is 93.6 cm³/mol. The topological polar surface area (TPSA) is 62.7 Å². The Morgan fingerprint density at radius 3 is 2.55 bits per heavy atom. The first kappa shape index (κ1) is 18.4. The average Bonchev–Trinajstić information content (AvgIpc) is 2.57. The van der Waals surface area contributed by atoms with Crippen molar-refractivity contribution in [2.24, 2.45) is 4.99 Å². The van der Waals surface area contributed by atoms with E-state index < -0.39 is 0 Å². The Labute approximate surface area is 136 Å². The van der Waals surface area contributed by atoms with Crippen molar-refractivity contribution in [1.82, 2.24) is 10.6 Å². The molecule has 1 aromatic rings. The molecule has 0 aliphatic heterocycles. The lowest BCUT2D eigenvalue weighted by molar-refractivity contribution is 0.0600. The van der Waals surface area contributed by atoms with Gasteiger partial charge >= 0.3 is 5.97 Å². The molecule has 0 aromatic heterocycles. The summed E-state index contributed by atoms with van der Waals surface area (Å²) in [7, 11) is 3.14. The molecule has 0 amide bonds. The fraction of sp³-hybridized carbons (Fsp3) is 0.500. The van der Waals surface area contributed by atoms with E-state index in [1.165, 1.54) is 19.3 Å². The number of aliphatic imine (C=N–C) groups is 1. The number of nitrogens with one attached hydrogen (secondary N) is 2. The first-order valence-corrected chi connectivity index (χ1v) is 8.71. The molecule has 0 unspecified atom stereocenters. The molecule has 5 nitrogen and oxygen atoms in total. The van der Waals surface area contributed by atoms with Gasteiger partial charge in [0, 0.05) is 20.1 Å². The zero-order valence-electron chi connectivity index (χ0n) is 13.5. The maximum atomic E-state index is 11.4. The summed E-state index contributed by atoms with van der Waals surface area (Å²) in [5, 5.41) is 6.55. The summed E-state index contributed by atoms with van der Waals surface area (Å²) in [5.74, 6) is 1.67. The molecule has 1 rings (SSSR count). The Hall–Kier alpha value is -1.69. The van der Waals surface area contributed by atoms with Crippen molar-refractivity contribution in [3.8, 4) is 0 Å². The van der Waals surface area contributed by atoms with Crippen molar-refractivity contribution in [1.29, 1.82) is 0 Å².